The largest absolute Gasteiger partial charge is 0.497 e. The van der Waals surface area contributed by atoms with E-state index in [0.717, 1.165) is 30.7 Å². The van der Waals surface area contributed by atoms with Crippen LogP contribution < -0.4 is 10.1 Å². The molecule has 106 valence electrons. The first-order chi connectivity index (χ1) is 9.69. The first-order valence-electron chi connectivity index (χ1n) is 6.91. The second-order valence-corrected chi connectivity index (χ2v) is 5.41. The van der Waals surface area contributed by atoms with Crippen LogP contribution >= 0.6 is 0 Å². The van der Waals surface area contributed by atoms with E-state index in [1.54, 1.807) is 7.11 Å². The number of methoxy groups -OCH3 is 1. The number of hydrogen-bond acceptors (Lipinski definition) is 5. The third kappa shape index (κ3) is 2.54. The molecule has 1 unspecified atom stereocenters. The summed E-state index contributed by atoms with van der Waals surface area (Å²) >= 11 is 0. The smallest absolute Gasteiger partial charge is 0.246 e. The van der Waals surface area contributed by atoms with Crippen LogP contribution in [0.4, 0.5) is 0 Å². The molecular weight excluding hydrogens is 254 g/mol. The third-order valence-corrected chi connectivity index (χ3v) is 3.81. The van der Waals surface area contributed by atoms with Crippen LogP contribution in [0.2, 0.25) is 0 Å². The SMILES string of the molecule is COc1cccc(Cc2noc(C3(C)CCCN3)n2)c1. The molecule has 0 radical (unpaired) electrons. The molecule has 5 heteroatoms. The Hall–Kier alpha value is -1.88. The molecule has 1 aliphatic heterocycles. The fourth-order valence-corrected chi connectivity index (χ4v) is 2.59. The van der Waals surface area contributed by atoms with Gasteiger partial charge in [0.1, 0.15) is 5.75 Å². The van der Waals surface area contributed by atoms with Crippen molar-refractivity contribution in [3.8, 4) is 5.75 Å². The molecule has 20 heavy (non-hydrogen) atoms. The van der Waals surface area contributed by atoms with Crippen LogP contribution in [0, 0.1) is 0 Å². The van der Waals surface area contributed by atoms with E-state index in [1.165, 1.54) is 0 Å². The number of aromatic nitrogens is 2. The number of ether oxygens (including phenoxy) is 1. The van der Waals surface area contributed by atoms with Gasteiger partial charge in [-0.2, -0.15) is 4.98 Å². The zero-order chi connectivity index (χ0) is 14.0. The zero-order valence-electron chi connectivity index (χ0n) is 11.8. The molecule has 0 saturated carbocycles. The summed E-state index contributed by atoms with van der Waals surface area (Å²) in [7, 11) is 1.66. The van der Waals surface area contributed by atoms with Gasteiger partial charge in [0.15, 0.2) is 5.82 Å². The van der Waals surface area contributed by atoms with Gasteiger partial charge < -0.3 is 14.6 Å². The van der Waals surface area contributed by atoms with Gasteiger partial charge in [0.25, 0.3) is 0 Å². The molecule has 2 aromatic rings. The van der Waals surface area contributed by atoms with Crippen LogP contribution in [0.15, 0.2) is 28.8 Å². The summed E-state index contributed by atoms with van der Waals surface area (Å²) in [5, 5.41) is 7.52. The minimum absolute atomic E-state index is 0.167. The van der Waals surface area contributed by atoms with Crippen molar-refractivity contribution >= 4 is 0 Å². The molecule has 1 aliphatic rings. The lowest BCUT2D eigenvalue weighted by Gasteiger charge is -2.18. The molecule has 0 amide bonds. The van der Waals surface area contributed by atoms with Crippen LogP contribution in [0.1, 0.15) is 37.0 Å². The van der Waals surface area contributed by atoms with Crippen molar-refractivity contribution in [1.82, 2.24) is 15.5 Å². The second-order valence-electron chi connectivity index (χ2n) is 5.41. The van der Waals surface area contributed by atoms with Crippen molar-refractivity contribution in [2.24, 2.45) is 0 Å². The summed E-state index contributed by atoms with van der Waals surface area (Å²) in [6.45, 7) is 3.12. The van der Waals surface area contributed by atoms with Crippen molar-refractivity contribution in [2.45, 2.75) is 31.7 Å². The fourth-order valence-electron chi connectivity index (χ4n) is 2.59. The number of benzene rings is 1. The summed E-state index contributed by atoms with van der Waals surface area (Å²) in [5.41, 5.74) is 0.945. The van der Waals surface area contributed by atoms with Gasteiger partial charge in [-0.3, -0.25) is 0 Å². The van der Waals surface area contributed by atoms with E-state index < -0.39 is 0 Å². The van der Waals surface area contributed by atoms with E-state index in [9.17, 15) is 0 Å². The number of nitrogens with one attached hydrogen (secondary N) is 1. The van der Waals surface area contributed by atoms with Crippen LogP contribution in [0.3, 0.4) is 0 Å². The Morgan fingerprint density at radius 3 is 3.10 bits per heavy atom. The van der Waals surface area contributed by atoms with Crippen LogP contribution in [0.5, 0.6) is 5.75 Å². The standard InChI is InChI=1S/C15H19N3O2/c1-15(7-4-8-16-15)14-17-13(18-20-14)10-11-5-3-6-12(9-11)19-2/h3,5-6,9,16H,4,7-8,10H2,1-2H3. The Morgan fingerprint density at radius 2 is 2.35 bits per heavy atom. The van der Waals surface area contributed by atoms with Gasteiger partial charge in [-0.25, -0.2) is 0 Å². The highest BCUT2D eigenvalue weighted by Gasteiger charge is 2.35. The van der Waals surface area contributed by atoms with Crippen molar-refractivity contribution < 1.29 is 9.26 Å². The molecule has 1 atom stereocenters. The van der Waals surface area contributed by atoms with Crippen LogP contribution in [-0.2, 0) is 12.0 Å². The highest BCUT2D eigenvalue weighted by atomic mass is 16.5. The molecule has 0 aliphatic carbocycles. The Kier molecular flexibility index (Phi) is 3.44. The lowest BCUT2D eigenvalue weighted by atomic mass is 10.0. The summed E-state index contributed by atoms with van der Waals surface area (Å²) in [6, 6.07) is 7.92. The Balaban J connectivity index is 1.76. The van der Waals surface area contributed by atoms with E-state index in [4.69, 9.17) is 9.26 Å². The lowest BCUT2D eigenvalue weighted by Crippen LogP contribution is -2.33. The van der Waals surface area contributed by atoms with Crippen molar-refractivity contribution in [2.75, 3.05) is 13.7 Å². The van der Waals surface area contributed by atoms with E-state index in [0.29, 0.717) is 18.1 Å². The fraction of sp³-hybridized carbons (Fsp3) is 0.467. The van der Waals surface area contributed by atoms with Gasteiger partial charge in [0.2, 0.25) is 5.89 Å². The monoisotopic (exact) mass is 273 g/mol. The van der Waals surface area contributed by atoms with Crippen molar-refractivity contribution in [3.05, 3.63) is 41.5 Å². The minimum Gasteiger partial charge on any atom is -0.497 e. The van der Waals surface area contributed by atoms with E-state index in [1.807, 2.05) is 24.3 Å². The molecule has 3 rings (SSSR count). The Labute approximate surface area is 118 Å². The summed E-state index contributed by atoms with van der Waals surface area (Å²) < 4.78 is 10.6. The first kappa shape index (κ1) is 13.1. The van der Waals surface area contributed by atoms with Gasteiger partial charge in [-0.1, -0.05) is 17.3 Å². The van der Waals surface area contributed by atoms with Crippen LogP contribution in [-0.4, -0.2) is 23.8 Å². The van der Waals surface area contributed by atoms with Gasteiger partial charge >= 0.3 is 0 Å². The maximum atomic E-state index is 5.43. The van der Waals surface area contributed by atoms with Gasteiger partial charge in [0, 0.05) is 6.42 Å². The highest BCUT2D eigenvalue weighted by Crippen LogP contribution is 2.29. The average molecular weight is 273 g/mol. The first-order valence-corrected chi connectivity index (χ1v) is 6.91. The Bertz CT molecular complexity index is 588. The predicted octanol–water partition coefficient (Wildman–Crippen LogP) is 2.27. The number of nitrogens with zero attached hydrogens (tertiary/aromatic N) is 2. The maximum Gasteiger partial charge on any atom is 0.246 e. The normalized spacial score (nSPS) is 22.1. The topological polar surface area (TPSA) is 60.2 Å². The molecule has 1 aromatic carbocycles. The van der Waals surface area contributed by atoms with Crippen LogP contribution in [0.25, 0.3) is 0 Å². The molecular formula is C15H19N3O2. The van der Waals surface area contributed by atoms with Gasteiger partial charge in [0.05, 0.1) is 12.6 Å². The van der Waals surface area contributed by atoms with E-state index in [2.05, 4.69) is 22.4 Å². The molecule has 0 spiro atoms. The molecule has 1 N–H and O–H groups in total. The van der Waals surface area contributed by atoms with Crippen molar-refractivity contribution in [3.63, 3.8) is 0 Å². The lowest BCUT2D eigenvalue weighted by molar-refractivity contribution is 0.274. The number of rotatable bonds is 4. The quantitative estimate of drug-likeness (QED) is 0.926. The second kappa shape index (κ2) is 5.25. The molecule has 1 fully saturated rings. The molecule has 5 nitrogen and oxygen atoms in total. The molecule has 1 aromatic heterocycles. The summed E-state index contributed by atoms with van der Waals surface area (Å²) in [4.78, 5) is 4.53. The maximum absolute atomic E-state index is 5.43. The summed E-state index contributed by atoms with van der Waals surface area (Å²) in [5.74, 6) is 2.24. The average Bonchev–Trinajstić information content (AvgIpc) is 3.09. The molecule has 1 saturated heterocycles. The van der Waals surface area contributed by atoms with Crippen molar-refractivity contribution in [1.29, 1.82) is 0 Å². The van der Waals surface area contributed by atoms with E-state index in [-0.39, 0.29) is 5.54 Å². The van der Waals surface area contributed by atoms with Gasteiger partial charge in [-0.05, 0) is 44.0 Å². The minimum atomic E-state index is -0.167. The molecule has 2 heterocycles. The number of hydrogen-bond donors (Lipinski definition) is 1. The zero-order valence-corrected chi connectivity index (χ0v) is 11.8. The van der Waals surface area contributed by atoms with Gasteiger partial charge in [-0.15, -0.1) is 0 Å². The van der Waals surface area contributed by atoms with E-state index >= 15 is 0 Å². The molecule has 0 bridgehead atoms. The third-order valence-electron chi connectivity index (χ3n) is 3.81. The summed E-state index contributed by atoms with van der Waals surface area (Å²) in [6.07, 6.45) is 2.83. The predicted molar refractivity (Wildman–Crippen MR) is 74.7 cm³/mol. The Morgan fingerprint density at radius 1 is 1.45 bits per heavy atom. The highest BCUT2D eigenvalue weighted by molar-refractivity contribution is 5.30.